The molecule has 0 spiro atoms. The normalized spacial score (nSPS) is 13.1. The van der Waals surface area contributed by atoms with Crippen LogP contribution in [-0.2, 0) is 26.2 Å². The second kappa shape index (κ2) is 11.9. The summed E-state index contributed by atoms with van der Waals surface area (Å²) in [5.74, 6) is -0.855. The molecule has 0 saturated carbocycles. The van der Waals surface area contributed by atoms with Gasteiger partial charge in [-0.15, -0.1) is 0 Å². The molecule has 0 aromatic heterocycles. The number of nitrogens with one attached hydrogen (secondary N) is 1. The van der Waals surface area contributed by atoms with Crippen LogP contribution in [0.15, 0.2) is 42.5 Å². The highest BCUT2D eigenvalue weighted by atomic mass is 35.5. The highest BCUT2D eigenvalue weighted by Gasteiger charge is 2.31. The van der Waals surface area contributed by atoms with E-state index in [1.54, 1.807) is 50.2 Å². The SMILES string of the molecule is CC[C@@H](C)NC(=O)[C@H](C)N(Cc1cccc(Cl)c1)C(=O)CN(c1cc(Cl)ccc1C)S(C)(=O)=O. The average Bonchev–Trinajstić information content (AvgIpc) is 2.76. The van der Waals surface area contributed by atoms with Crippen molar-refractivity contribution < 1.29 is 18.0 Å². The molecule has 2 rings (SSSR count). The third-order valence-electron chi connectivity index (χ3n) is 5.53. The van der Waals surface area contributed by atoms with Crippen LogP contribution < -0.4 is 9.62 Å². The lowest BCUT2D eigenvalue weighted by atomic mass is 10.1. The van der Waals surface area contributed by atoms with Gasteiger partial charge in [0.25, 0.3) is 0 Å². The molecule has 0 aliphatic heterocycles. The van der Waals surface area contributed by atoms with E-state index in [1.807, 2.05) is 13.8 Å². The van der Waals surface area contributed by atoms with E-state index >= 15 is 0 Å². The van der Waals surface area contributed by atoms with Gasteiger partial charge in [-0.25, -0.2) is 8.42 Å². The molecule has 7 nitrogen and oxygen atoms in total. The molecule has 0 radical (unpaired) electrons. The number of nitrogens with zero attached hydrogens (tertiary/aromatic N) is 2. The number of halogens is 2. The molecule has 0 aliphatic carbocycles. The number of benzene rings is 2. The molecular weight excluding hydrogens is 497 g/mol. The summed E-state index contributed by atoms with van der Waals surface area (Å²) in [6, 6.07) is 10.9. The first-order valence-electron chi connectivity index (χ1n) is 10.9. The number of carbonyl (C=O) groups excluding carboxylic acids is 2. The van der Waals surface area contributed by atoms with E-state index in [1.165, 1.54) is 11.0 Å². The predicted molar refractivity (Wildman–Crippen MR) is 138 cm³/mol. The number of sulfonamides is 1. The molecule has 2 amide bonds. The first-order chi connectivity index (χ1) is 15.8. The largest absolute Gasteiger partial charge is 0.352 e. The third-order valence-corrected chi connectivity index (χ3v) is 7.13. The molecule has 0 saturated heterocycles. The van der Waals surface area contributed by atoms with Gasteiger partial charge in [-0.05, 0) is 62.6 Å². The van der Waals surface area contributed by atoms with Crippen LogP contribution in [0.3, 0.4) is 0 Å². The van der Waals surface area contributed by atoms with E-state index in [9.17, 15) is 18.0 Å². The Kier molecular flexibility index (Phi) is 9.79. The molecule has 34 heavy (non-hydrogen) atoms. The van der Waals surface area contributed by atoms with Gasteiger partial charge in [-0.1, -0.05) is 48.3 Å². The molecule has 0 aliphatic rings. The summed E-state index contributed by atoms with van der Waals surface area (Å²) < 4.78 is 26.3. The van der Waals surface area contributed by atoms with Crippen molar-refractivity contribution in [3.63, 3.8) is 0 Å². The van der Waals surface area contributed by atoms with Crippen molar-refractivity contribution in [1.29, 1.82) is 0 Å². The van der Waals surface area contributed by atoms with Gasteiger partial charge in [-0.2, -0.15) is 0 Å². The zero-order valence-electron chi connectivity index (χ0n) is 20.0. The van der Waals surface area contributed by atoms with Crippen LogP contribution >= 0.6 is 23.2 Å². The van der Waals surface area contributed by atoms with Crippen molar-refractivity contribution in [2.45, 2.75) is 52.7 Å². The van der Waals surface area contributed by atoms with E-state index in [-0.39, 0.29) is 18.5 Å². The summed E-state index contributed by atoms with van der Waals surface area (Å²) in [6.45, 7) is 6.78. The molecule has 2 aromatic rings. The Morgan fingerprint density at radius 1 is 1.06 bits per heavy atom. The minimum Gasteiger partial charge on any atom is -0.352 e. The Bertz CT molecular complexity index is 1140. The van der Waals surface area contributed by atoms with E-state index in [0.717, 1.165) is 17.0 Å². The number of amides is 2. The fraction of sp³-hybridized carbons (Fsp3) is 0.417. The number of hydrogen-bond donors (Lipinski definition) is 1. The Labute approximate surface area is 212 Å². The van der Waals surface area contributed by atoms with Gasteiger partial charge in [0.1, 0.15) is 12.6 Å². The third kappa shape index (κ3) is 7.61. The van der Waals surface area contributed by atoms with Crippen LogP contribution in [0.4, 0.5) is 5.69 Å². The molecule has 10 heteroatoms. The second-order valence-electron chi connectivity index (χ2n) is 8.35. The lowest BCUT2D eigenvalue weighted by Gasteiger charge is -2.32. The van der Waals surface area contributed by atoms with Crippen molar-refractivity contribution in [2.75, 3.05) is 17.1 Å². The zero-order valence-corrected chi connectivity index (χ0v) is 22.3. The van der Waals surface area contributed by atoms with Gasteiger partial charge in [0, 0.05) is 22.6 Å². The van der Waals surface area contributed by atoms with E-state index in [4.69, 9.17) is 23.2 Å². The second-order valence-corrected chi connectivity index (χ2v) is 11.1. The van der Waals surface area contributed by atoms with Gasteiger partial charge in [0.05, 0.1) is 11.9 Å². The summed E-state index contributed by atoms with van der Waals surface area (Å²) in [4.78, 5) is 27.8. The zero-order chi connectivity index (χ0) is 25.6. The molecular formula is C24H31Cl2N3O4S. The molecule has 2 aromatic carbocycles. The van der Waals surface area contributed by atoms with Crippen molar-refractivity contribution in [3.8, 4) is 0 Å². The lowest BCUT2D eigenvalue weighted by molar-refractivity contribution is -0.139. The van der Waals surface area contributed by atoms with Gasteiger partial charge >= 0.3 is 0 Å². The summed E-state index contributed by atoms with van der Waals surface area (Å²) in [6.07, 6.45) is 1.76. The average molecular weight is 529 g/mol. The van der Waals surface area contributed by atoms with Crippen LogP contribution in [0.5, 0.6) is 0 Å². The number of anilines is 1. The topological polar surface area (TPSA) is 86.8 Å². The first-order valence-corrected chi connectivity index (χ1v) is 13.5. The van der Waals surface area contributed by atoms with Crippen LogP contribution in [-0.4, -0.2) is 50.0 Å². The Morgan fingerprint density at radius 2 is 1.71 bits per heavy atom. The van der Waals surface area contributed by atoms with Crippen LogP contribution in [0, 0.1) is 6.92 Å². The Morgan fingerprint density at radius 3 is 2.29 bits per heavy atom. The molecule has 0 heterocycles. The number of rotatable bonds is 10. The van der Waals surface area contributed by atoms with E-state index < -0.39 is 28.5 Å². The number of aryl methyl sites for hydroxylation is 1. The standard InChI is InChI=1S/C24H31Cl2N3O4S/c1-6-17(3)27-24(31)18(4)28(14-19-8-7-9-20(25)12-19)23(30)15-29(34(5,32)33)22-13-21(26)11-10-16(22)2/h7-13,17-18H,6,14-15H2,1-5H3,(H,27,31)/t17-,18+/m1/s1. The van der Waals surface area contributed by atoms with Gasteiger partial charge in [-0.3, -0.25) is 13.9 Å². The smallest absolute Gasteiger partial charge is 0.244 e. The molecule has 186 valence electrons. The highest BCUT2D eigenvalue weighted by Crippen LogP contribution is 2.27. The Balaban J connectivity index is 2.43. The maximum absolute atomic E-state index is 13.5. The predicted octanol–water partition coefficient (Wildman–Crippen LogP) is 4.40. The van der Waals surface area contributed by atoms with Crippen LogP contribution in [0.2, 0.25) is 10.0 Å². The molecule has 1 N–H and O–H groups in total. The first kappa shape index (κ1) is 28.0. The highest BCUT2D eigenvalue weighted by molar-refractivity contribution is 7.92. The number of hydrogen-bond acceptors (Lipinski definition) is 4. The van der Waals surface area contributed by atoms with Gasteiger partial charge < -0.3 is 10.2 Å². The van der Waals surface area contributed by atoms with Crippen molar-refractivity contribution >= 4 is 50.7 Å². The molecule has 2 atom stereocenters. The van der Waals surface area contributed by atoms with Crippen molar-refractivity contribution in [3.05, 3.63) is 63.6 Å². The summed E-state index contributed by atoms with van der Waals surface area (Å²) in [5, 5.41) is 3.73. The van der Waals surface area contributed by atoms with E-state index in [2.05, 4.69) is 5.32 Å². The fourth-order valence-electron chi connectivity index (χ4n) is 3.33. The van der Waals surface area contributed by atoms with Gasteiger partial charge in [0.15, 0.2) is 0 Å². The minimum atomic E-state index is -3.83. The van der Waals surface area contributed by atoms with Crippen molar-refractivity contribution in [1.82, 2.24) is 10.2 Å². The Hall–Kier alpha value is -2.29. The van der Waals surface area contributed by atoms with Crippen molar-refractivity contribution in [2.24, 2.45) is 0 Å². The lowest BCUT2D eigenvalue weighted by Crippen LogP contribution is -2.52. The summed E-state index contributed by atoms with van der Waals surface area (Å²) >= 11 is 12.2. The quantitative estimate of drug-likeness (QED) is 0.495. The molecule has 0 bridgehead atoms. The van der Waals surface area contributed by atoms with Crippen LogP contribution in [0.25, 0.3) is 0 Å². The maximum atomic E-state index is 13.5. The molecule has 0 unspecified atom stereocenters. The van der Waals surface area contributed by atoms with Gasteiger partial charge in [0.2, 0.25) is 21.8 Å². The summed E-state index contributed by atoms with van der Waals surface area (Å²) in [7, 11) is -3.83. The number of carbonyl (C=O) groups is 2. The van der Waals surface area contributed by atoms with E-state index in [0.29, 0.717) is 26.9 Å². The minimum absolute atomic E-state index is 0.0697. The van der Waals surface area contributed by atoms with Crippen LogP contribution in [0.1, 0.15) is 38.3 Å². The monoisotopic (exact) mass is 527 g/mol. The summed E-state index contributed by atoms with van der Waals surface area (Å²) in [5.41, 5.74) is 1.67. The fourth-order valence-corrected chi connectivity index (χ4v) is 4.60. The molecule has 0 fully saturated rings. The maximum Gasteiger partial charge on any atom is 0.244 e.